The summed E-state index contributed by atoms with van der Waals surface area (Å²) >= 11 is 4.76. The number of rotatable bonds is 3. The molecule has 0 aromatic heterocycles. The molecule has 1 aromatic carbocycles. The highest BCUT2D eigenvalue weighted by molar-refractivity contribution is 7.85. The number of nitrogens with one attached hydrogen (secondary N) is 1. The Labute approximate surface area is 172 Å². The molecule has 10 heteroatoms. The number of carbonyl (C=O) groups is 1. The molecule has 2 heterocycles. The van der Waals surface area contributed by atoms with E-state index in [-0.39, 0.29) is 18.0 Å². The van der Waals surface area contributed by atoms with Crippen LogP contribution in [-0.2, 0) is 20.3 Å². The molecule has 0 saturated carbocycles. The Bertz CT molecular complexity index is 725. The summed E-state index contributed by atoms with van der Waals surface area (Å²) in [5.74, 6) is 1.11. The first-order chi connectivity index (χ1) is 13.3. The van der Waals surface area contributed by atoms with Gasteiger partial charge in [0.1, 0.15) is 11.9 Å². The lowest BCUT2D eigenvalue weighted by Crippen LogP contribution is -2.38. The van der Waals surface area contributed by atoms with Crippen LogP contribution in [0.5, 0.6) is 0 Å². The molecule has 0 bridgehead atoms. The lowest BCUT2D eigenvalue weighted by atomic mass is 10.2. The van der Waals surface area contributed by atoms with E-state index in [1.165, 1.54) is 12.0 Å². The summed E-state index contributed by atoms with van der Waals surface area (Å²) in [6, 6.07) is 5.25. The zero-order chi connectivity index (χ0) is 20.7. The second-order valence-corrected chi connectivity index (χ2v) is 8.62. The summed E-state index contributed by atoms with van der Waals surface area (Å²) < 4.78 is 34.5. The molecule has 0 radical (unpaired) electrons. The number of hydrogen-bond donors (Lipinski definition) is 1. The molecule has 2 aliphatic heterocycles. The number of carbonyl (C=O) groups excluding carboxylic acids is 1. The number of methoxy groups -OCH3 is 1. The fourth-order valence-electron chi connectivity index (χ4n) is 2.77. The Hall–Kier alpha value is -1.94. The third-order valence-electron chi connectivity index (χ3n) is 4.34. The normalized spacial score (nSPS) is 19.6. The number of halogens is 1. The first-order valence-corrected chi connectivity index (χ1v) is 10.8. The van der Waals surface area contributed by atoms with E-state index in [1.807, 2.05) is 17.9 Å². The summed E-state index contributed by atoms with van der Waals surface area (Å²) in [6.07, 6.45) is -0.444. The lowest BCUT2D eigenvalue weighted by molar-refractivity contribution is 0.135. The van der Waals surface area contributed by atoms with Crippen LogP contribution in [-0.4, -0.2) is 78.3 Å². The zero-order valence-corrected chi connectivity index (χ0v) is 17.9. The number of thiocarbonyl (C=S) groups is 1. The largest absolute Gasteiger partial charge is 0.474 e. The molecule has 2 aliphatic rings. The van der Waals surface area contributed by atoms with Crippen LogP contribution >= 0.6 is 12.2 Å². The quantitative estimate of drug-likeness (QED) is 0.730. The molecular weight excluding hydrogens is 405 g/mol. The van der Waals surface area contributed by atoms with Crippen molar-refractivity contribution in [1.82, 2.24) is 10.2 Å². The van der Waals surface area contributed by atoms with Gasteiger partial charge < -0.3 is 24.6 Å². The molecule has 1 unspecified atom stereocenters. The van der Waals surface area contributed by atoms with E-state index < -0.39 is 10.8 Å². The highest BCUT2D eigenvalue weighted by atomic mass is 32.2. The van der Waals surface area contributed by atoms with Crippen LogP contribution in [0.2, 0.25) is 0 Å². The number of anilines is 1. The number of likely N-dealkylation sites (N-methyl/N-ethyl adjacent to an activating group) is 1. The molecule has 156 valence electrons. The Morgan fingerprint density at radius 1 is 1.43 bits per heavy atom. The summed E-state index contributed by atoms with van der Waals surface area (Å²) in [7, 11) is 2.47. The van der Waals surface area contributed by atoms with Crippen molar-refractivity contribution >= 4 is 40.0 Å². The third-order valence-corrected chi connectivity index (χ3v) is 5.92. The molecule has 7 nitrogen and oxygen atoms in total. The molecule has 0 aliphatic carbocycles. The second-order valence-electron chi connectivity index (χ2n) is 6.55. The van der Waals surface area contributed by atoms with Crippen LogP contribution in [0.1, 0.15) is 5.56 Å². The predicted octanol–water partition coefficient (Wildman–Crippen LogP) is 1.66. The van der Waals surface area contributed by atoms with Crippen molar-refractivity contribution in [3.05, 3.63) is 29.6 Å². The minimum Gasteiger partial charge on any atom is -0.474 e. The van der Waals surface area contributed by atoms with Gasteiger partial charge in [-0.25, -0.2) is 9.18 Å². The Morgan fingerprint density at radius 3 is 2.64 bits per heavy atom. The fraction of sp³-hybridized carbons (Fsp3) is 0.556. The Kier molecular flexibility index (Phi) is 8.43. The highest BCUT2D eigenvalue weighted by Gasteiger charge is 2.27. The standard InChI is InChI=1S/C11H14FNOS.C7H12N2O3S/c1-9-2-3-11(10(12)8-9)13-4-6-15(14)7-5-13;1-9-4-5(12-7(9)10)3-8-6(13)11-2/h2-3,8H,4-7H2,1H3;5H,3-4H2,1-2H3,(H,8,13). The van der Waals surface area contributed by atoms with Gasteiger partial charge in [0.25, 0.3) is 5.17 Å². The van der Waals surface area contributed by atoms with Crippen LogP contribution in [0.3, 0.4) is 0 Å². The van der Waals surface area contributed by atoms with E-state index in [2.05, 4.69) is 5.32 Å². The predicted molar refractivity (Wildman–Crippen MR) is 112 cm³/mol. The van der Waals surface area contributed by atoms with Crippen LogP contribution in [0.15, 0.2) is 18.2 Å². The van der Waals surface area contributed by atoms with Crippen molar-refractivity contribution in [3.63, 3.8) is 0 Å². The molecule has 1 amide bonds. The van der Waals surface area contributed by atoms with Gasteiger partial charge in [-0.1, -0.05) is 6.07 Å². The smallest absolute Gasteiger partial charge is 0.410 e. The number of hydrogen-bond acceptors (Lipinski definition) is 6. The molecule has 2 fully saturated rings. The first-order valence-electron chi connectivity index (χ1n) is 8.89. The van der Waals surface area contributed by atoms with Crippen molar-refractivity contribution in [1.29, 1.82) is 0 Å². The number of aryl methyl sites for hydroxylation is 1. The monoisotopic (exact) mass is 431 g/mol. The van der Waals surface area contributed by atoms with Gasteiger partial charge in [-0.3, -0.25) is 4.21 Å². The number of cyclic esters (lactones) is 1. The average Bonchev–Trinajstić information content (AvgIpc) is 2.99. The van der Waals surface area contributed by atoms with Crippen LogP contribution in [0.25, 0.3) is 0 Å². The number of ether oxygens (including phenoxy) is 2. The van der Waals surface area contributed by atoms with Gasteiger partial charge in [0.05, 0.1) is 25.9 Å². The van der Waals surface area contributed by atoms with Crippen LogP contribution < -0.4 is 10.2 Å². The van der Waals surface area contributed by atoms with E-state index in [0.717, 1.165) is 5.56 Å². The first kappa shape index (κ1) is 22.4. The summed E-state index contributed by atoms with van der Waals surface area (Å²) in [4.78, 5) is 14.4. The fourth-order valence-corrected chi connectivity index (χ4v) is 3.91. The Morgan fingerprint density at radius 2 is 2.11 bits per heavy atom. The zero-order valence-electron chi connectivity index (χ0n) is 16.3. The molecule has 1 atom stereocenters. The number of benzene rings is 1. The van der Waals surface area contributed by atoms with Crippen LogP contribution in [0, 0.1) is 12.7 Å². The minimum atomic E-state index is -0.710. The van der Waals surface area contributed by atoms with E-state index >= 15 is 0 Å². The van der Waals surface area contributed by atoms with Crippen molar-refractivity contribution in [2.24, 2.45) is 0 Å². The maximum atomic E-state index is 13.6. The summed E-state index contributed by atoms with van der Waals surface area (Å²) in [6.45, 7) is 4.32. The van der Waals surface area contributed by atoms with E-state index in [4.69, 9.17) is 21.7 Å². The maximum Gasteiger partial charge on any atom is 0.410 e. The topological polar surface area (TPSA) is 71.1 Å². The molecule has 28 heavy (non-hydrogen) atoms. The van der Waals surface area contributed by atoms with E-state index in [1.54, 1.807) is 19.2 Å². The van der Waals surface area contributed by atoms with Crippen molar-refractivity contribution in [2.75, 3.05) is 56.7 Å². The van der Waals surface area contributed by atoms with E-state index in [9.17, 15) is 13.4 Å². The molecule has 0 spiro atoms. The molecular formula is C18H26FN3O4S2. The van der Waals surface area contributed by atoms with Gasteiger partial charge in [0.2, 0.25) is 0 Å². The second kappa shape index (κ2) is 10.6. The number of amides is 1. The van der Waals surface area contributed by atoms with Gasteiger partial charge in [0, 0.05) is 42.4 Å². The lowest BCUT2D eigenvalue weighted by Gasteiger charge is -2.28. The van der Waals surface area contributed by atoms with Crippen LogP contribution in [0.4, 0.5) is 14.9 Å². The number of nitrogens with zero attached hydrogens (tertiary/aromatic N) is 2. The van der Waals surface area contributed by atoms with Crippen molar-refractivity contribution < 1.29 is 22.9 Å². The molecule has 1 N–H and O–H groups in total. The Balaban J connectivity index is 0.000000203. The van der Waals surface area contributed by atoms with Gasteiger partial charge in [0.15, 0.2) is 0 Å². The van der Waals surface area contributed by atoms with Gasteiger partial charge in [-0.05, 0) is 36.8 Å². The van der Waals surface area contributed by atoms with Gasteiger partial charge in [-0.2, -0.15) is 0 Å². The molecule has 3 rings (SSSR count). The SMILES string of the molecule is COC(=S)NCC1CN(C)C(=O)O1.Cc1ccc(N2CCS(=O)CC2)c(F)c1. The van der Waals surface area contributed by atoms with Gasteiger partial charge >= 0.3 is 6.09 Å². The average molecular weight is 432 g/mol. The molecule has 1 aromatic rings. The van der Waals surface area contributed by atoms with E-state index in [0.29, 0.717) is 48.5 Å². The highest BCUT2D eigenvalue weighted by Crippen LogP contribution is 2.21. The maximum absolute atomic E-state index is 13.6. The van der Waals surface area contributed by atoms with Crippen molar-refractivity contribution in [3.8, 4) is 0 Å². The third kappa shape index (κ3) is 6.59. The summed E-state index contributed by atoms with van der Waals surface area (Å²) in [5.41, 5.74) is 1.56. The minimum absolute atomic E-state index is 0.148. The summed E-state index contributed by atoms with van der Waals surface area (Å²) in [5, 5.41) is 3.13. The van der Waals surface area contributed by atoms with Gasteiger partial charge in [-0.15, -0.1) is 0 Å². The molecule has 2 saturated heterocycles. The van der Waals surface area contributed by atoms with Crippen molar-refractivity contribution in [2.45, 2.75) is 13.0 Å².